The summed E-state index contributed by atoms with van der Waals surface area (Å²) < 4.78 is 0. The molecule has 0 amide bonds. The van der Waals surface area contributed by atoms with Gasteiger partial charge in [-0.15, -0.1) is 0 Å². The first-order valence-electron chi connectivity index (χ1n) is 6.29. The van der Waals surface area contributed by atoms with Gasteiger partial charge in [0.05, 0.1) is 41.4 Å². The van der Waals surface area contributed by atoms with E-state index in [1.54, 1.807) is 12.4 Å². The number of anilines is 1. The maximum absolute atomic E-state index is 5.90. The summed E-state index contributed by atoms with van der Waals surface area (Å²) in [5.74, 6) is 0. The van der Waals surface area contributed by atoms with Gasteiger partial charge in [-0.25, -0.2) is 9.97 Å². The van der Waals surface area contributed by atoms with Gasteiger partial charge in [-0.3, -0.25) is 4.98 Å². The van der Waals surface area contributed by atoms with Crippen LogP contribution in [-0.4, -0.2) is 15.0 Å². The van der Waals surface area contributed by atoms with Crippen molar-refractivity contribution in [3.8, 4) is 0 Å². The lowest BCUT2D eigenvalue weighted by molar-refractivity contribution is 1.04. The summed E-state index contributed by atoms with van der Waals surface area (Å²) in [6.45, 7) is 2.52. The largest absolute Gasteiger partial charge is 0.378 e. The summed E-state index contributed by atoms with van der Waals surface area (Å²) >= 11 is 5.90. The van der Waals surface area contributed by atoms with E-state index < -0.39 is 0 Å². The molecule has 3 aromatic rings. The van der Waals surface area contributed by atoms with Crippen LogP contribution in [0.25, 0.3) is 11.0 Å². The molecule has 0 bridgehead atoms. The Morgan fingerprint density at radius 1 is 1.10 bits per heavy atom. The fourth-order valence-electron chi connectivity index (χ4n) is 1.93. The minimum atomic E-state index is 0.529. The van der Waals surface area contributed by atoms with Crippen molar-refractivity contribution in [1.29, 1.82) is 0 Å². The smallest absolute Gasteiger partial charge is 0.132 e. The number of rotatable bonds is 3. The van der Waals surface area contributed by atoms with Crippen LogP contribution in [0, 0.1) is 6.92 Å². The fraction of sp³-hybridized carbons (Fsp3) is 0.133. The maximum Gasteiger partial charge on any atom is 0.132 e. The Morgan fingerprint density at radius 3 is 2.70 bits per heavy atom. The van der Waals surface area contributed by atoms with E-state index >= 15 is 0 Å². The zero-order valence-corrected chi connectivity index (χ0v) is 11.7. The van der Waals surface area contributed by atoms with Crippen LogP contribution >= 0.6 is 11.6 Å². The summed E-state index contributed by atoms with van der Waals surface area (Å²) in [4.78, 5) is 13.1. The molecule has 1 aromatic carbocycles. The SMILES string of the molecule is Cc1cc(NCc2cnc3ccccc3n2)cnc1Cl. The molecule has 2 heterocycles. The number of para-hydroxylation sites is 2. The Morgan fingerprint density at radius 2 is 1.90 bits per heavy atom. The highest BCUT2D eigenvalue weighted by atomic mass is 35.5. The summed E-state index contributed by atoms with van der Waals surface area (Å²) in [5.41, 5.74) is 4.55. The Balaban J connectivity index is 1.77. The third kappa shape index (κ3) is 2.70. The molecule has 2 aromatic heterocycles. The first-order valence-corrected chi connectivity index (χ1v) is 6.67. The minimum absolute atomic E-state index is 0.529. The van der Waals surface area contributed by atoms with Crippen molar-refractivity contribution in [1.82, 2.24) is 15.0 Å². The second-order valence-corrected chi connectivity index (χ2v) is 4.89. The Labute approximate surface area is 121 Å². The predicted octanol–water partition coefficient (Wildman–Crippen LogP) is 3.60. The van der Waals surface area contributed by atoms with E-state index in [-0.39, 0.29) is 0 Å². The van der Waals surface area contributed by atoms with E-state index in [2.05, 4.69) is 20.3 Å². The van der Waals surface area contributed by atoms with E-state index in [4.69, 9.17) is 11.6 Å². The highest BCUT2D eigenvalue weighted by Gasteiger charge is 2.01. The van der Waals surface area contributed by atoms with Gasteiger partial charge < -0.3 is 5.32 Å². The Bertz CT molecular complexity index is 758. The van der Waals surface area contributed by atoms with Gasteiger partial charge in [0.15, 0.2) is 0 Å². The molecule has 0 aliphatic carbocycles. The summed E-state index contributed by atoms with van der Waals surface area (Å²) in [7, 11) is 0. The molecule has 0 saturated carbocycles. The molecule has 4 nitrogen and oxygen atoms in total. The van der Waals surface area contributed by atoms with Crippen LogP contribution in [0.4, 0.5) is 5.69 Å². The van der Waals surface area contributed by atoms with Crippen LogP contribution < -0.4 is 5.32 Å². The van der Waals surface area contributed by atoms with E-state index in [0.717, 1.165) is 28.0 Å². The van der Waals surface area contributed by atoms with E-state index in [1.807, 2.05) is 37.3 Å². The summed E-state index contributed by atoms with van der Waals surface area (Å²) in [5, 5.41) is 3.80. The zero-order valence-electron chi connectivity index (χ0n) is 11.0. The molecular weight excluding hydrogens is 272 g/mol. The molecule has 0 aliphatic rings. The van der Waals surface area contributed by atoms with Crippen molar-refractivity contribution in [3.63, 3.8) is 0 Å². The normalized spacial score (nSPS) is 10.7. The second kappa shape index (κ2) is 5.43. The van der Waals surface area contributed by atoms with E-state index in [9.17, 15) is 0 Å². The Hall–Kier alpha value is -2.20. The standard InChI is InChI=1S/C15H13ClN4/c1-10-6-11(7-19-15(10)16)17-8-12-9-18-13-4-2-3-5-14(13)20-12/h2-7,9,17H,8H2,1H3. The van der Waals surface area contributed by atoms with Crippen LogP contribution in [0.15, 0.2) is 42.7 Å². The molecule has 5 heteroatoms. The van der Waals surface area contributed by atoms with Crippen molar-refractivity contribution < 1.29 is 0 Å². The van der Waals surface area contributed by atoms with Gasteiger partial charge in [0.1, 0.15) is 5.15 Å². The highest BCUT2D eigenvalue weighted by molar-refractivity contribution is 6.30. The monoisotopic (exact) mass is 284 g/mol. The van der Waals surface area contributed by atoms with Gasteiger partial charge in [-0.05, 0) is 30.7 Å². The quantitative estimate of drug-likeness (QED) is 0.747. The number of fused-ring (bicyclic) bond motifs is 1. The van der Waals surface area contributed by atoms with E-state index in [0.29, 0.717) is 11.7 Å². The fourth-order valence-corrected chi connectivity index (χ4v) is 2.03. The lowest BCUT2D eigenvalue weighted by atomic mass is 10.3. The van der Waals surface area contributed by atoms with Gasteiger partial charge in [-0.1, -0.05) is 23.7 Å². The average molecular weight is 285 g/mol. The van der Waals surface area contributed by atoms with Crippen LogP contribution in [0.1, 0.15) is 11.3 Å². The van der Waals surface area contributed by atoms with Crippen molar-refractivity contribution in [2.45, 2.75) is 13.5 Å². The number of hydrogen-bond acceptors (Lipinski definition) is 4. The van der Waals surface area contributed by atoms with Crippen LogP contribution in [0.5, 0.6) is 0 Å². The third-order valence-corrected chi connectivity index (χ3v) is 3.38. The summed E-state index contributed by atoms with van der Waals surface area (Å²) in [6, 6.07) is 9.79. The highest BCUT2D eigenvalue weighted by Crippen LogP contribution is 2.16. The number of nitrogens with one attached hydrogen (secondary N) is 1. The minimum Gasteiger partial charge on any atom is -0.378 e. The molecule has 20 heavy (non-hydrogen) atoms. The lowest BCUT2D eigenvalue weighted by Gasteiger charge is -2.07. The van der Waals surface area contributed by atoms with Crippen molar-refractivity contribution in [2.75, 3.05) is 5.32 Å². The van der Waals surface area contributed by atoms with Crippen molar-refractivity contribution >= 4 is 28.3 Å². The molecule has 0 saturated heterocycles. The molecule has 3 rings (SSSR count). The van der Waals surface area contributed by atoms with Crippen LogP contribution in [0.2, 0.25) is 5.15 Å². The molecule has 0 fully saturated rings. The molecule has 1 N–H and O–H groups in total. The predicted molar refractivity (Wildman–Crippen MR) is 80.8 cm³/mol. The Kier molecular flexibility index (Phi) is 3.48. The first kappa shape index (κ1) is 12.8. The van der Waals surface area contributed by atoms with Crippen molar-refractivity contribution in [3.05, 3.63) is 59.1 Å². The number of nitrogens with zero attached hydrogens (tertiary/aromatic N) is 3. The maximum atomic E-state index is 5.90. The molecule has 0 unspecified atom stereocenters. The number of pyridine rings is 1. The number of aromatic nitrogens is 3. The number of aryl methyl sites for hydroxylation is 1. The number of halogens is 1. The van der Waals surface area contributed by atoms with Gasteiger partial charge in [-0.2, -0.15) is 0 Å². The lowest BCUT2D eigenvalue weighted by Crippen LogP contribution is -2.03. The third-order valence-electron chi connectivity index (χ3n) is 2.99. The van der Waals surface area contributed by atoms with Gasteiger partial charge >= 0.3 is 0 Å². The molecular formula is C15H13ClN4. The van der Waals surface area contributed by atoms with Crippen molar-refractivity contribution in [2.24, 2.45) is 0 Å². The first-order chi connectivity index (χ1) is 9.72. The van der Waals surface area contributed by atoms with Crippen LogP contribution in [0.3, 0.4) is 0 Å². The number of hydrogen-bond donors (Lipinski definition) is 1. The van der Waals surface area contributed by atoms with E-state index in [1.165, 1.54) is 0 Å². The molecule has 0 spiro atoms. The topological polar surface area (TPSA) is 50.7 Å². The van der Waals surface area contributed by atoms with Gasteiger partial charge in [0, 0.05) is 0 Å². The zero-order chi connectivity index (χ0) is 13.9. The molecule has 0 radical (unpaired) electrons. The van der Waals surface area contributed by atoms with Gasteiger partial charge in [0.25, 0.3) is 0 Å². The molecule has 100 valence electrons. The number of benzene rings is 1. The second-order valence-electron chi connectivity index (χ2n) is 4.54. The van der Waals surface area contributed by atoms with Crippen LogP contribution in [-0.2, 0) is 6.54 Å². The summed E-state index contributed by atoms with van der Waals surface area (Å²) in [6.07, 6.45) is 3.50. The average Bonchev–Trinajstić information content (AvgIpc) is 2.48. The molecule has 0 atom stereocenters. The molecule has 0 aliphatic heterocycles. The van der Waals surface area contributed by atoms with Gasteiger partial charge in [0.2, 0.25) is 0 Å².